The van der Waals surface area contributed by atoms with Gasteiger partial charge in [-0.2, -0.15) is 0 Å². The molecule has 0 spiro atoms. The van der Waals surface area contributed by atoms with Crippen molar-refractivity contribution in [1.29, 1.82) is 0 Å². The average molecular weight is 323 g/mol. The first kappa shape index (κ1) is 14.6. The van der Waals surface area contributed by atoms with Gasteiger partial charge < -0.3 is 10.1 Å². The number of amides is 1. The summed E-state index contributed by atoms with van der Waals surface area (Å²) in [6.07, 6.45) is 3.51. The molecule has 1 amide bonds. The van der Waals surface area contributed by atoms with E-state index in [1.807, 2.05) is 18.2 Å². The lowest BCUT2D eigenvalue weighted by atomic mass is 9.97. The first-order valence-corrected chi connectivity index (χ1v) is 7.96. The van der Waals surface area contributed by atoms with E-state index in [2.05, 4.69) is 26.9 Å². The maximum absolute atomic E-state index is 12.4. The second-order valence-electron chi connectivity index (χ2n) is 5.92. The van der Waals surface area contributed by atoms with Crippen molar-refractivity contribution < 1.29 is 9.53 Å². The first-order chi connectivity index (χ1) is 11.8. The van der Waals surface area contributed by atoms with Gasteiger partial charge in [-0.15, -0.1) is 5.10 Å². The zero-order chi connectivity index (χ0) is 16.4. The van der Waals surface area contributed by atoms with E-state index in [0.29, 0.717) is 30.3 Å². The molecule has 0 fully saturated rings. The summed E-state index contributed by atoms with van der Waals surface area (Å²) in [6, 6.07) is 11.5. The highest BCUT2D eigenvalue weighted by Gasteiger charge is 2.18. The lowest BCUT2D eigenvalue weighted by Gasteiger charge is -2.14. The van der Waals surface area contributed by atoms with Crippen LogP contribution in [-0.2, 0) is 6.42 Å². The van der Waals surface area contributed by atoms with Crippen LogP contribution in [0.2, 0.25) is 0 Å². The topological polar surface area (TPSA) is 81.4 Å². The third-order valence-electron chi connectivity index (χ3n) is 4.28. The highest BCUT2D eigenvalue weighted by molar-refractivity contribution is 5.94. The molecule has 1 unspecified atom stereocenters. The second-order valence-corrected chi connectivity index (χ2v) is 5.92. The van der Waals surface area contributed by atoms with Crippen LogP contribution in [0, 0.1) is 5.92 Å². The van der Waals surface area contributed by atoms with Crippen LogP contribution in [0.4, 0.5) is 0 Å². The Morgan fingerprint density at radius 2 is 2.25 bits per heavy atom. The number of nitrogens with zero attached hydrogens (tertiary/aromatic N) is 4. The van der Waals surface area contributed by atoms with Crippen LogP contribution in [0.1, 0.15) is 22.3 Å². The minimum atomic E-state index is -0.112. The summed E-state index contributed by atoms with van der Waals surface area (Å²) < 4.78 is 7.30. The summed E-state index contributed by atoms with van der Waals surface area (Å²) in [5.41, 5.74) is 2.31. The van der Waals surface area contributed by atoms with E-state index in [4.69, 9.17) is 4.74 Å². The summed E-state index contributed by atoms with van der Waals surface area (Å²) >= 11 is 0. The normalized spacial score (nSPS) is 16.9. The van der Waals surface area contributed by atoms with Gasteiger partial charge in [0.2, 0.25) is 0 Å². The fourth-order valence-corrected chi connectivity index (χ4v) is 2.96. The number of benzene rings is 1. The summed E-state index contributed by atoms with van der Waals surface area (Å²) in [7, 11) is 0. The molecule has 1 atom stereocenters. The Bertz CT molecular complexity index is 876. The summed E-state index contributed by atoms with van der Waals surface area (Å²) in [4.78, 5) is 12.4. The fourth-order valence-electron chi connectivity index (χ4n) is 2.96. The Morgan fingerprint density at radius 1 is 1.33 bits per heavy atom. The zero-order valence-corrected chi connectivity index (χ0v) is 13.1. The number of pyridine rings is 1. The van der Waals surface area contributed by atoms with Gasteiger partial charge in [-0.1, -0.05) is 18.2 Å². The molecule has 1 aliphatic rings. The lowest BCUT2D eigenvalue weighted by molar-refractivity contribution is 0.0945. The maximum atomic E-state index is 12.4. The van der Waals surface area contributed by atoms with E-state index in [1.54, 1.807) is 18.3 Å². The predicted octanol–water partition coefficient (Wildman–Crippen LogP) is 1.50. The van der Waals surface area contributed by atoms with Crippen molar-refractivity contribution in [3.05, 3.63) is 53.7 Å². The fraction of sp³-hybridized carbons (Fsp3) is 0.294. The van der Waals surface area contributed by atoms with Gasteiger partial charge in [0.15, 0.2) is 5.65 Å². The predicted molar refractivity (Wildman–Crippen MR) is 86.9 cm³/mol. The van der Waals surface area contributed by atoms with Crippen molar-refractivity contribution in [3.8, 4) is 5.75 Å². The molecule has 7 nitrogen and oxygen atoms in total. The molecule has 1 aromatic carbocycles. The molecular weight excluding hydrogens is 306 g/mol. The van der Waals surface area contributed by atoms with E-state index >= 15 is 0 Å². The van der Waals surface area contributed by atoms with Crippen molar-refractivity contribution in [3.63, 3.8) is 0 Å². The number of tetrazole rings is 1. The number of nitrogens with one attached hydrogen (secondary N) is 1. The Balaban J connectivity index is 1.41. The van der Waals surface area contributed by atoms with E-state index in [9.17, 15) is 4.79 Å². The third kappa shape index (κ3) is 2.92. The van der Waals surface area contributed by atoms with E-state index in [-0.39, 0.29) is 5.91 Å². The molecule has 3 heterocycles. The average Bonchev–Trinajstić information content (AvgIpc) is 2.98. The minimum absolute atomic E-state index is 0.112. The van der Waals surface area contributed by atoms with Crippen LogP contribution in [0.25, 0.3) is 5.65 Å². The van der Waals surface area contributed by atoms with Gasteiger partial charge in [0.25, 0.3) is 5.91 Å². The zero-order valence-electron chi connectivity index (χ0n) is 13.1. The van der Waals surface area contributed by atoms with Gasteiger partial charge in [-0.05, 0) is 52.9 Å². The number of fused-ring (bicyclic) bond motifs is 2. The molecule has 122 valence electrons. The highest BCUT2D eigenvalue weighted by atomic mass is 16.5. The van der Waals surface area contributed by atoms with Gasteiger partial charge >= 0.3 is 0 Å². The van der Waals surface area contributed by atoms with Crippen LogP contribution >= 0.6 is 0 Å². The van der Waals surface area contributed by atoms with Crippen molar-refractivity contribution in [1.82, 2.24) is 25.4 Å². The number of rotatable bonds is 3. The Morgan fingerprint density at radius 3 is 3.21 bits per heavy atom. The third-order valence-corrected chi connectivity index (χ3v) is 4.28. The lowest BCUT2D eigenvalue weighted by Crippen LogP contribution is -2.30. The van der Waals surface area contributed by atoms with Gasteiger partial charge in [0.1, 0.15) is 5.75 Å². The quantitative estimate of drug-likeness (QED) is 0.790. The number of aromatic nitrogens is 4. The maximum Gasteiger partial charge on any atom is 0.251 e. The van der Waals surface area contributed by atoms with Gasteiger partial charge in [0.05, 0.1) is 6.61 Å². The number of para-hydroxylation sites is 1. The molecule has 24 heavy (non-hydrogen) atoms. The molecule has 0 saturated heterocycles. The van der Waals surface area contributed by atoms with E-state index < -0.39 is 0 Å². The minimum Gasteiger partial charge on any atom is -0.493 e. The van der Waals surface area contributed by atoms with Crippen LogP contribution in [-0.4, -0.2) is 39.1 Å². The highest BCUT2D eigenvalue weighted by Crippen LogP contribution is 2.26. The molecule has 7 heteroatoms. The van der Waals surface area contributed by atoms with Gasteiger partial charge in [-0.25, -0.2) is 4.52 Å². The Hall–Kier alpha value is -2.96. The van der Waals surface area contributed by atoms with Crippen molar-refractivity contribution in [2.24, 2.45) is 5.92 Å². The SMILES string of the molecule is O=C(NCC1CCOc2ccccc2C1)c1ccn2nnnc2c1. The smallest absolute Gasteiger partial charge is 0.251 e. The van der Waals surface area contributed by atoms with Gasteiger partial charge in [0, 0.05) is 18.3 Å². The molecule has 1 N–H and O–H groups in total. The molecule has 0 radical (unpaired) electrons. The number of ether oxygens (including phenoxy) is 1. The monoisotopic (exact) mass is 323 g/mol. The molecule has 2 aromatic heterocycles. The molecule has 0 aliphatic carbocycles. The van der Waals surface area contributed by atoms with E-state index in [1.165, 1.54) is 10.1 Å². The first-order valence-electron chi connectivity index (χ1n) is 7.96. The number of carbonyl (C=O) groups excluding carboxylic acids is 1. The molecule has 0 bridgehead atoms. The molecule has 4 rings (SSSR count). The largest absolute Gasteiger partial charge is 0.493 e. The molecule has 1 aliphatic heterocycles. The van der Waals surface area contributed by atoms with Crippen LogP contribution in [0.15, 0.2) is 42.6 Å². The molecule has 0 saturated carbocycles. The van der Waals surface area contributed by atoms with Crippen molar-refractivity contribution in [2.75, 3.05) is 13.2 Å². The summed E-state index contributed by atoms with van der Waals surface area (Å²) in [6.45, 7) is 1.29. The second kappa shape index (κ2) is 6.27. The van der Waals surface area contributed by atoms with Gasteiger partial charge in [-0.3, -0.25) is 4.79 Å². The van der Waals surface area contributed by atoms with Crippen molar-refractivity contribution in [2.45, 2.75) is 12.8 Å². The Labute approximate surface area is 138 Å². The molecular formula is C17H17N5O2. The van der Waals surface area contributed by atoms with Crippen LogP contribution < -0.4 is 10.1 Å². The molecule has 3 aromatic rings. The number of hydrogen-bond donors (Lipinski definition) is 1. The van der Waals surface area contributed by atoms with E-state index in [0.717, 1.165) is 18.6 Å². The van der Waals surface area contributed by atoms with Crippen molar-refractivity contribution >= 4 is 11.6 Å². The Kier molecular flexibility index (Phi) is 3.82. The standard InChI is InChI=1S/C17H17N5O2/c23-17(14-5-7-22-16(10-14)19-20-21-22)18-11-12-6-8-24-15-4-2-1-3-13(15)9-12/h1-5,7,10,12H,6,8-9,11H2,(H,18,23). The summed E-state index contributed by atoms with van der Waals surface area (Å²) in [5, 5.41) is 14.2. The van der Waals surface area contributed by atoms with Crippen LogP contribution in [0.5, 0.6) is 5.75 Å². The summed E-state index contributed by atoms with van der Waals surface area (Å²) in [5.74, 6) is 1.20. The number of carbonyl (C=O) groups is 1. The van der Waals surface area contributed by atoms with Crippen LogP contribution in [0.3, 0.4) is 0 Å². The number of hydrogen-bond acceptors (Lipinski definition) is 5.